The Morgan fingerprint density at radius 3 is 2.43 bits per heavy atom. The Bertz CT molecular complexity index is 961. The number of nitrogens with two attached hydrogens (primary N) is 1. The maximum atomic E-state index is 8.58. The molecule has 23 heavy (non-hydrogen) atoms. The molecular weight excluding hydrogens is 286 g/mol. The first-order valence-corrected chi connectivity index (χ1v) is 7.19. The van der Waals surface area contributed by atoms with Crippen LogP contribution in [0.4, 0.5) is 0 Å². The number of aromatic nitrogens is 2. The molecule has 4 heteroatoms. The summed E-state index contributed by atoms with van der Waals surface area (Å²) >= 11 is 0. The molecular formula is C19H15N3O. The van der Waals surface area contributed by atoms with Crippen LogP contribution in [0, 0.1) is 0 Å². The van der Waals surface area contributed by atoms with Crippen molar-refractivity contribution in [2.45, 2.75) is 0 Å². The van der Waals surface area contributed by atoms with Gasteiger partial charge in [0.1, 0.15) is 0 Å². The van der Waals surface area contributed by atoms with Gasteiger partial charge in [-0.3, -0.25) is 9.78 Å². The minimum atomic E-state index is 0.250. The Labute approximate surface area is 133 Å². The molecule has 1 amide bonds. The molecule has 0 aliphatic carbocycles. The number of amides is 1. The number of hydrogen-bond acceptors (Lipinski definition) is 3. The zero-order valence-electron chi connectivity index (χ0n) is 12.4. The Balaban J connectivity index is 0.000000485. The lowest BCUT2D eigenvalue weighted by atomic mass is 10.1. The monoisotopic (exact) mass is 301 g/mol. The molecule has 0 fully saturated rings. The third kappa shape index (κ3) is 3.01. The molecule has 0 atom stereocenters. The first kappa shape index (κ1) is 14.7. The van der Waals surface area contributed by atoms with E-state index >= 15 is 0 Å². The van der Waals surface area contributed by atoms with Crippen LogP contribution in [0.25, 0.3) is 33.1 Å². The summed E-state index contributed by atoms with van der Waals surface area (Å²) in [5, 5.41) is 2.30. The van der Waals surface area contributed by atoms with Crippen molar-refractivity contribution in [1.82, 2.24) is 9.97 Å². The highest BCUT2D eigenvalue weighted by atomic mass is 16.1. The lowest BCUT2D eigenvalue weighted by molar-refractivity contribution is -0.106. The van der Waals surface area contributed by atoms with Crippen molar-refractivity contribution in [2.24, 2.45) is 5.73 Å². The minimum Gasteiger partial charge on any atom is -0.372 e. The number of primary amides is 1. The normalized spacial score (nSPS) is 10.1. The van der Waals surface area contributed by atoms with Crippen molar-refractivity contribution in [3.05, 3.63) is 72.9 Å². The molecule has 2 N–H and O–H groups in total. The average Bonchev–Trinajstić information content (AvgIpc) is 2.61. The Hall–Kier alpha value is -3.27. The Morgan fingerprint density at radius 1 is 0.826 bits per heavy atom. The molecule has 0 unspecified atom stereocenters. The number of benzene rings is 2. The number of pyridine rings is 2. The topological polar surface area (TPSA) is 68.9 Å². The highest BCUT2D eigenvalue weighted by Gasteiger charge is 2.06. The molecule has 4 rings (SSSR count). The van der Waals surface area contributed by atoms with Crippen LogP contribution in [0.5, 0.6) is 0 Å². The number of carbonyl (C=O) groups excluding carboxylic acids is 1. The maximum Gasteiger partial charge on any atom is 0.204 e. The molecule has 0 spiro atoms. The SMILES string of the molecule is NC=O.c1ccc2nc(-c3cccc4cccnc34)ccc2c1. The summed E-state index contributed by atoms with van der Waals surface area (Å²) < 4.78 is 0. The quantitative estimate of drug-likeness (QED) is 0.547. The number of fused-ring (bicyclic) bond motifs is 2. The van der Waals surface area contributed by atoms with Crippen molar-refractivity contribution in [3.63, 3.8) is 0 Å². The van der Waals surface area contributed by atoms with Gasteiger partial charge in [0.25, 0.3) is 0 Å². The number of carbonyl (C=O) groups is 1. The molecule has 0 bridgehead atoms. The van der Waals surface area contributed by atoms with Gasteiger partial charge in [0.15, 0.2) is 0 Å². The van der Waals surface area contributed by atoms with Gasteiger partial charge in [0, 0.05) is 22.5 Å². The smallest absolute Gasteiger partial charge is 0.204 e. The molecule has 112 valence electrons. The summed E-state index contributed by atoms with van der Waals surface area (Å²) in [6.07, 6.45) is 2.08. The van der Waals surface area contributed by atoms with E-state index in [4.69, 9.17) is 9.78 Å². The second-order valence-corrected chi connectivity index (χ2v) is 4.91. The number of nitrogens with zero attached hydrogens (tertiary/aromatic N) is 2. The van der Waals surface area contributed by atoms with Gasteiger partial charge < -0.3 is 5.73 Å². The highest BCUT2D eigenvalue weighted by Crippen LogP contribution is 2.26. The van der Waals surface area contributed by atoms with Crippen LogP contribution in [0.1, 0.15) is 0 Å². The van der Waals surface area contributed by atoms with Crippen molar-refractivity contribution >= 4 is 28.2 Å². The van der Waals surface area contributed by atoms with Gasteiger partial charge in [-0.05, 0) is 18.2 Å². The fraction of sp³-hybridized carbons (Fsp3) is 0. The molecule has 0 saturated heterocycles. The molecule has 0 radical (unpaired) electrons. The van der Waals surface area contributed by atoms with Crippen LogP contribution in [-0.2, 0) is 4.79 Å². The Kier molecular flexibility index (Phi) is 4.25. The van der Waals surface area contributed by atoms with Crippen LogP contribution in [0.15, 0.2) is 72.9 Å². The first-order chi connectivity index (χ1) is 11.3. The van der Waals surface area contributed by atoms with Crippen LogP contribution in [0.3, 0.4) is 0 Å². The van der Waals surface area contributed by atoms with Crippen LogP contribution in [-0.4, -0.2) is 16.4 Å². The molecule has 0 aliphatic rings. The molecule has 2 heterocycles. The summed E-state index contributed by atoms with van der Waals surface area (Å²) in [5.74, 6) is 0. The van der Waals surface area contributed by atoms with Crippen molar-refractivity contribution in [2.75, 3.05) is 0 Å². The lowest BCUT2D eigenvalue weighted by Crippen LogP contribution is -1.88. The van der Waals surface area contributed by atoms with Crippen LogP contribution >= 0.6 is 0 Å². The molecule has 4 nitrogen and oxygen atoms in total. The van der Waals surface area contributed by atoms with Crippen LogP contribution in [0.2, 0.25) is 0 Å². The number of rotatable bonds is 1. The molecule has 2 aromatic heterocycles. The van der Waals surface area contributed by atoms with E-state index in [2.05, 4.69) is 53.2 Å². The van der Waals surface area contributed by atoms with Crippen molar-refractivity contribution < 1.29 is 4.79 Å². The largest absolute Gasteiger partial charge is 0.372 e. The number of para-hydroxylation sites is 2. The lowest BCUT2D eigenvalue weighted by Gasteiger charge is -2.06. The van der Waals surface area contributed by atoms with Crippen LogP contribution < -0.4 is 5.73 Å². The zero-order valence-corrected chi connectivity index (χ0v) is 12.4. The highest BCUT2D eigenvalue weighted by molar-refractivity contribution is 5.93. The first-order valence-electron chi connectivity index (χ1n) is 7.19. The second kappa shape index (κ2) is 6.66. The summed E-state index contributed by atoms with van der Waals surface area (Å²) in [6.45, 7) is 0. The fourth-order valence-electron chi connectivity index (χ4n) is 2.53. The molecule has 0 saturated carbocycles. The third-order valence-corrected chi connectivity index (χ3v) is 3.51. The number of hydrogen-bond donors (Lipinski definition) is 1. The van der Waals surface area contributed by atoms with Gasteiger partial charge in [-0.2, -0.15) is 0 Å². The summed E-state index contributed by atoms with van der Waals surface area (Å²) in [4.78, 5) is 17.8. The van der Waals surface area contributed by atoms with E-state index in [-0.39, 0.29) is 6.41 Å². The van der Waals surface area contributed by atoms with Gasteiger partial charge in [0.05, 0.1) is 16.7 Å². The summed E-state index contributed by atoms with van der Waals surface area (Å²) in [7, 11) is 0. The summed E-state index contributed by atoms with van der Waals surface area (Å²) in [6, 6.07) is 22.6. The predicted molar refractivity (Wildman–Crippen MR) is 92.7 cm³/mol. The van der Waals surface area contributed by atoms with E-state index in [0.29, 0.717) is 0 Å². The van der Waals surface area contributed by atoms with Gasteiger partial charge in [0.2, 0.25) is 6.41 Å². The third-order valence-electron chi connectivity index (χ3n) is 3.51. The van der Waals surface area contributed by atoms with E-state index in [1.54, 1.807) is 0 Å². The van der Waals surface area contributed by atoms with E-state index < -0.39 is 0 Å². The fourth-order valence-corrected chi connectivity index (χ4v) is 2.53. The molecule has 4 aromatic rings. The van der Waals surface area contributed by atoms with E-state index in [1.165, 1.54) is 0 Å². The Morgan fingerprint density at radius 2 is 1.57 bits per heavy atom. The predicted octanol–water partition coefficient (Wildman–Crippen LogP) is 3.55. The standard InChI is InChI=1S/C18H12N2.CH3NO/c1-2-9-16-13(5-1)10-11-17(20-16)15-8-3-6-14-7-4-12-19-18(14)15;2-1-3/h1-12H;1H,(H2,2,3). The maximum absolute atomic E-state index is 8.58. The van der Waals surface area contributed by atoms with Gasteiger partial charge >= 0.3 is 0 Å². The van der Waals surface area contributed by atoms with Crippen molar-refractivity contribution in [3.8, 4) is 11.3 Å². The second-order valence-electron chi connectivity index (χ2n) is 4.91. The zero-order chi connectivity index (χ0) is 16.1. The van der Waals surface area contributed by atoms with Gasteiger partial charge in [-0.1, -0.05) is 48.5 Å². The van der Waals surface area contributed by atoms with Gasteiger partial charge in [-0.25, -0.2) is 4.98 Å². The van der Waals surface area contributed by atoms with E-state index in [0.717, 1.165) is 33.1 Å². The molecule has 0 aliphatic heterocycles. The minimum absolute atomic E-state index is 0.250. The molecule has 2 aromatic carbocycles. The van der Waals surface area contributed by atoms with E-state index in [1.807, 2.05) is 30.5 Å². The summed E-state index contributed by atoms with van der Waals surface area (Å²) in [5.41, 5.74) is 8.22. The van der Waals surface area contributed by atoms with Crippen molar-refractivity contribution in [1.29, 1.82) is 0 Å². The average molecular weight is 301 g/mol. The van der Waals surface area contributed by atoms with E-state index in [9.17, 15) is 0 Å². The van der Waals surface area contributed by atoms with Gasteiger partial charge in [-0.15, -0.1) is 0 Å².